The van der Waals surface area contributed by atoms with Gasteiger partial charge in [0, 0.05) is 29.1 Å². The monoisotopic (exact) mass is 325 g/mol. The summed E-state index contributed by atoms with van der Waals surface area (Å²) in [6.07, 6.45) is 1.76. The van der Waals surface area contributed by atoms with E-state index in [1.54, 1.807) is 17.5 Å². The maximum absolute atomic E-state index is 5.67. The van der Waals surface area contributed by atoms with Crippen molar-refractivity contribution in [3.05, 3.63) is 34.0 Å². The van der Waals surface area contributed by atoms with Crippen LogP contribution in [-0.4, -0.2) is 29.7 Å². The number of nitrogens with one attached hydrogen (secondary N) is 1. The fraction of sp³-hybridized carbons (Fsp3) is 0.333. The summed E-state index contributed by atoms with van der Waals surface area (Å²) < 4.78 is 6.75. The number of morpholine rings is 1. The van der Waals surface area contributed by atoms with E-state index in [0.29, 0.717) is 6.61 Å². The zero-order valence-electron chi connectivity index (χ0n) is 9.60. The Bertz CT molecular complexity index is 540. The highest BCUT2D eigenvalue weighted by molar-refractivity contribution is 9.10. The molecule has 1 aliphatic rings. The summed E-state index contributed by atoms with van der Waals surface area (Å²) >= 11 is 5.12. The average molecular weight is 326 g/mol. The van der Waals surface area contributed by atoms with Crippen LogP contribution in [0.3, 0.4) is 0 Å². The van der Waals surface area contributed by atoms with Gasteiger partial charge in [0.25, 0.3) is 0 Å². The first kappa shape index (κ1) is 12.2. The molecule has 94 valence electrons. The van der Waals surface area contributed by atoms with E-state index in [0.717, 1.165) is 34.0 Å². The predicted octanol–water partition coefficient (Wildman–Crippen LogP) is 2.63. The lowest BCUT2D eigenvalue weighted by Gasteiger charge is -2.22. The van der Waals surface area contributed by atoms with Gasteiger partial charge in [-0.15, -0.1) is 11.3 Å². The molecule has 1 saturated heterocycles. The largest absolute Gasteiger partial charge is 0.368 e. The summed E-state index contributed by atoms with van der Waals surface area (Å²) in [5.41, 5.74) is 0.949. The van der Waals surface area contributed by atoms with Crippen molar-refractivity contribution < 1.29 is 4.74 Å². The SMILES string of the molecule is Brc1csc(-c2ccnc(C3CNCCO3)n2)c1. The number of thiophene rings is 1. The Hall–Kier alpha value is -0.820. The van der Waals surface area contributed by atoms with Crippen LogP contribution in [0, 0.1) is 0 Å². The molecule has 3 rings (SSSR count). The second-order valence-corrected chi connectivity index (χ2v) is 5.82. The third-order valence-corrected chi connectivity index (χ3v) is 4.42. The van der Waals surface area contributed by atoms with Crippen molar-refractivity contribution in [3.8, 4) is 10.6 Å². The minimum Gasteiger partial charge on any atom is -0.368 e. The van der Waals surface area contributed by atoms with Crippen LogP contribution >= 0.6 is 27.3 Å². The van der Waals surface area contributed by atoms with Gasteiger partial charge in [0.15, 0.2) is 5.82 Å². The Balaban J connectivity index is 1.88. The molecule has 2 aromatic heterocycles. The highest BCUT2D eigenvalue weighted by atomic mass is 79.9. The van der Waals surface area contributed by atoms with E-state index in [-0.39, 0.29) is 6.10 Å². The van der Waals surface area contributed by atoms with Gasteiger partial charge in [-0.05, 0) is 28.1 Å². The van der Waals surface area contributed by atoms with Gasteiger partial charge in [-0.2, -0.15) is 0 Å². The molecule has 18 heavy (non-hydrogen) atoms. The Morgan fingerprint density at radius 1 is 1.50 bits per heavy atom. The van der Waals surface area contributed by atoms with Gasteiger partial charge in [0.1, 0.15) is 6.10 Å². The molecule has 1 unspecified atom stereocenters. The fourth-order valence-electron chi connectivity index (χ4n) is 1.84. The fourth-order valence-corrected chi connectivity index (χ4v) is 3.24. The van der Waals surface area contributed by atoms with Crippen molar-refractivity contribution in [1.29, 1.82) is 0 Å². The lowest BCUT2D eigenvalue weighted by Crippen LogP contribution is -2.34. The van der Waals surface area contributed by atoms with E-state index >= 15 is 0 Å². The van der Waals surface area contributed by atoms with E-state index in [1.165, 1.54) is 0 Å². The molecule has 1 N–H and O–H groups in total. The summed E-state index contributed by atoms with van der Waals surface area (Å²) in [4.78, 5) is 10.0. The van der Waals surface area contributed by atoms with E-state index in [2.05, 4.69) is 42.7 Å². The van der Waals surface area contributed by atoms with Gasteiger partial charge in [0.05, 0.1) is 17.2 Å². The molecule has 2 aromatic rings. The molecule has 1 aliphatic heterocycles. The number of rotatable bonds is 2. The summed E-state index contributed by atoms with van der Waals surface area (Å²) in [7, 11) is 0. The minimum absolute atomic E-state index is 0.0397. The van der Waals surface area contributed by atoms with Crippen molar-refractivity contribution in [2.75, 3.05) is 19.7 Å². The topological polar surface area (TPSA) is 47.0 Å². The lowest BCUT2D eigenvalue weighted by molar-refractivity contribution is 0.0222. The first-order valence-electron chi connectivity index (χ1n) is 5.72. The van der Waals surface area contributed by atoms with Crippen molar-refractivity contribution in [2.45, 2.75) is 6.10 Å². The number of hydrogen-bond acceptors (Lipinski definition) is 5. The summed E-state index contributed by atoms with van der Waals surface area (Å²) in [5, 5.41) is 5.34. The van der Waals surface area contributed by atoms with Crippen LogP contribution in [-0.2, 0) is 4.74 Å². The molecule has 0 bridgehead atoms. The van der Waals surface area contributed by atoms with E-state index < -0.39 is 0 Å². The standard InChI is InChI=1S/C12H12BrN3OS/c13-8-5-11(18-7-8)9-1-2-15-12(16-9)10-6-14-3-4-17-10/h1-2,5,7,10,14H,3-4,6H2. The van der Waals surface area contributed by atoms with Crippen LogP contribution in [0.5, 0.6) is 0 Å². The van der Waals surface area contributed by atoms with Crippen molar-refractivity contribution >= 4 is 27.3 Å². The van der Waals surface area contributed by atoms with Crippen molar-refractivity contribution in [1.82, 2.24) is 15.3 Å². The van der Waals surface area contributed by atoms with Crippen LogP contribution in [0.4, 0.5) is 0 Å². The van der Waals surface area contributed by atoms with Crippen LogP contribution in [0.2, 0.25) is 0 Å². The van der Waals surface area contributed by atoms with Crippen LogP contribution in [0.15, 0.2) is 28.2 Å². The first-order chi connectivity index (χ1) is 8.83. The summed E-state index contributed by atoms with van der Waals surface area (Å²) in [5.74, 6) is 0.754. The highest BCUT2D eigenvalue weighted by Crippen LogP contribution is 2.29. The number of ether oxygens (including phenoxy) is 1. The third-order valence-electron chi connectivity index (χ3n) is 2.71. The van der Waals surface area contributed by atoms with Crippen molar-refractivity contribution in [2.24, 2.45) is 0 Å². The second-order valence-electron chi connectivity index (χ2n) is 3.99. The molecule has 0 aliphatic carbocycles. The van der Waals surface area contributed by atoms with Gasteiger partial charge in [-0.1, -0.05) is 0 Å². The number of nitrogens with zero attached hydrogens (tertiary/aromatic N) is 2. The molecule has 0 spiro atoms. The Labute approximate surface area is 118 Å². The number of aromatic nitrogens is 2. The molecule has 6 heteroatoms. The van der Waals surface area contributed by atoms with Gasteiger partial charge in [-0.25, -0.2) is 9.97 Å². The summed E-state index contributed by atoms with van der Waals surface area (Å²) in [6.45, 7) is 2.38. The Morgan fingerprint density at radius 2 is 2.44 bits per heavy atom. The van der Waals surface area contributed by atoms with Crippen molar-refractivity contribution in [3.63, 3.8) is 0 Å². The second kappa shape index (κ2) is 5.44. The van der Waals surface area contributed by atoms with E-state index in [1.807, 2.05) is 6.07 Å². The molecule has 0 amide bonds. The van der Waals surface area contributed by atoms with Gasteiger partial charge in [0.2, 0.25) is 0 Å². The molecule has 0 aromatic carbocycles. The Kier molecular flexibility index (Phi) is 3.69. The third kappa shape index (κ3) is 2.61. The molecule has 0 radical (unpaired) electrons. The summed E-state index contributed by atoms with van der Waals surface area (Å²) in [6, 6.07) is 3.99. The number of hydrogen-bond donors (Lipinski definition) is 1. The van der Waals surface area contributed by atoms with Crippen LogP contribution in [0.1, 0.15) is 11.9 Å². The zero-order valence-corrected chi connectivity index (χ0v) is 12.0. The van der Waals surface area contributed by atoms with E-state index in [9.17, 15) is 0 Å². The van der Waals surface area contributed by atoms with E-state index in [4.69, 9.17) is 4.74 Å². The molecule has 3 heterocycles. The highest BCUT2D eigenvalue weighted by Gasteiger charge is 2.19. The maximum Gasteiger partial charge on any atom is 0.159 e. The van der Waals surface area contributed by atoms with Gasteiger partial charge in [-0.3, -0.25) is 0 Å². The maximum atomic E-state index is 5.67. The minimum atomic E-state index is -0.0397. The van der Waals surface area contributed by atoms with Gasteiger partial charge < -0.3 is 10.1 Å². The lowest BCUT2D eigenvalue weighted by atomic mass is 10.2. The predicted molar refractivity (Wildman–Crippen MR) is 74.6 cm³/mol. The van der Waals surface area contributed by atoms with Crippen LogP contribution in [0.25, 0.3) is 10.6 Å². The van der Waals surface area contributed by atoms with Gasteiger partial charge >= 0.3 is 0 Å². The first-order valence-corrected chi connectivity index (χ1v) is 7.40. The molecular formula is C12H12BrN3OS. The zero-order chi connectivity index (χ0) is 12.4. The molecule has 0 saturated carbocycles. The average Bonchev–Trinajstić information content (AvgIpc) is 2.87. The normalized spacial score (nSPS) is 19.9. The quantitative estimate of drug-likeness (QED) is 0.922. The molecular weight excluding hydrogens is 314 g/mol. The molecule has 1 atom stereocenters. The smallest absolute Gasteiger partial charge is 0.159 e. The van der Waals surface area contributed by atoms with Crippen LogP contribution < -0.4 is 5.32 Å². The molecule has 4 nitrogen and oxygen atoms in total. The Morgan fingerprint density at radius 3 is 3.17 bits per heavy atom. The number of halogens is 1. The molecule has 1 fully saturated rings.